The van der Waals surface area contributed by atoms with E-state index in [9.17, 15) is 47.1 Å². The van der Waals surface area contributed by atoms with Gasteiger partial charge in [-0.2, -0.15) is 0 Å². The number of benzene rings is 3. The van der Waals surface area contributed by atoms with Crippen LogP contribution in [0.1, 0.15) is 177 Å². The highest BCUT2D eigenvalue weighted by atomic mass is 19.1. The Balaban J connectivity index is 0.000000241. The summed E-state index contributed by atoms with van der Waals surface area (Å²) < 4.78 is 39.4. The SMILES string of the molecule is O=C1CCCCCCCCCC[C@@H](C(=O)NCc2ccccc2F)NC(=O)[C@H](CC(=O)N2CCCC2C2COC2)N1.O=C1CCCCCCCCOC[C@@H](C(=O)NCc2ccccc2F)CC(=O)[C@H](CC(=O)N2CCC[C@@H]2c2ccccc2)N1. The standard InChI is InChI=1S/C34H44FN3O5.C31H45FN4O5/c35-28-16-10-9-15-26(28)23-36-34(42)27-21-31(39)29(37-32(40)18-8-3-1-2-4-11-20-43-24-27)22-33(41)38-19-12-17-30(38)25-13-6-5-7-14-25;32-24-13-10-9-12-22(24)19-33-30(39)25-14-7-5-3-1-2-4-6-8-16-28(37)34-26(31(40)35-25)18-29(38)36-17-11-15-27(36)23-20-41-21-23/h5-7,9-10,13-16,27,29-30H,1-4,8,11-12,17-24H2,(H,36,42)(H,37,40);9-10,12-13,23,25-27H,1-8,11,14-21H2,(H,33,39)(H,34,37)(H,35,40)/t27-,29-,30+;25-,26-,27?/m00/s1. The molecule has 5 fully saturated rings. The van der Waals surface area contributed by atoms with Gasteiger partial charge < -0.3 is 45.9 Å². The highest BCUT2D eigenvalue weighted by molar-refractivity contribution is 5.96. The third-order valence-electron chi connectivity index (χ3n) is 16.9. The molecule has 0 aromatic heterocycles. The number of ether oxygens (including phenoxy) is 2. The van der Waals surface area contributed by atoms with E-state index in [1.165, 1.54) is 12.1 Å². The first-order valence-corrected chi connectivity index (χ1v) is 31.1. The maximum Gasteiger partial charge on any atom is 0.243 e. The number of likely N-dealkylation sites (tertiary alicyclic amines) is 2. The lowest BCUT2D eigenvalue weighted by Crippen LogP contribution is -2.55. The lowest BCUT2D eigenvalue weighted by atomic mass is 9.95. The van der Waals surface area contributed by atoms with Crippen molar-refractivity contribution >= 4 is 47.1 Å². The van der Waals surface area contributed by atoms with Crippen LogP contribution in [-0.4, -0.2) is 121 Å². The van der Waals surface area contributed by atoms with Crippen molar-refractivity contribution in [3.8, 4) is 0 Å². The summed E-state index contributed by atoms with van der Waals surface area (Å²) in [6.45, 7) is 2.96. The number of amides is 7. The first kappa shape index (κ1) is 65.0. The van der Waals surface area contributed by atoms with Gasteiger partial charge in [-0.3, -0.25) is 38.4 Å². The minimum absolute atomic E-state index is 0.00223. The summed E-state index contributed by atoms with van der Waals surface area (Å²) in [6.07, 6.45) is 17.1. The second kappa shape index (κ2) is 35.0. The highest BCUT2D eigenvalue weighted by Crippen LogP contribution is 2.33. The number of carbonyl (C=O) groups excluding carboxylic acids is 8. The van der Waals surface area contributed by atoms with Crippen LogP contribution in [0.25, 0.3) is 0 Å². The Hall–Kier alpha value is -6.60. The fourth-order valence-corrected chi connectivity index (χ4v) is 11.9. The van der Waals surface area contributed by atoms with E-state index in [0.717, 1.165) is 115 Å². The summed E-state index contributed by atoms with van der Waals surface area (Å²) in [7, 11) is 0. The summed E-state index contributed by atoms with van der Waals surface area (Å²) in [6, 6.07) is 19.3. The third kappa shape index (κ3) is 20.9. The Bertz CT molecular complexity index is 2620. The minimum Gasteiger partial charge on any atom is -0.381 e. The van der Waals surface area contributed by atoms with Crippen LogP contribution in [0, 0.1) is 23.5 Å². The molecule has 0 saturated carbocycles. The molecule has 84 heavy (non-hydrogen) atoms. The fourth-order valence-electron chi connectivity index (χ4n) is 11.9. The zero-order valence-corrected chi connectivity index (χ0v) is 48.9. The Morgan fingerprint density at radius 2 is 1.05 bits per heavy atom. The number of carbonyl (C=O) groups is 8. The Labute approximate surface area is 494 Å². The molecule has 0 spiro atoms. The van der Waals surface area contributed by atoms with Crippen molar-refractivity contribution in [2.24, 2.45) is 11.8 Å². The summed E-state index contributed by atoms with van der Waals surface area (Å²) in [4.78, 5) is 110. The maximum atomic E-state index is 14.1. The molecule has 5 saturated heterocycles. The van der Waals surface area contributed by atoms with Crippen molar-refractivity contribution in [2.45, 2.75) is 197 Å². The van der Waals surface area contributed by atoms with Gasteiger partial charge in [0, 0.05) is 75.1 Å². The average Bonchev–Trinajstić information content (AvgIpc) is 4.37. The van der Waals surface area contributed by atoms with E-state index in [2.05, 4.69) is 26.6 Å². The second-order valence-electron chi connectivity index (χ2n) is 23.3. The molecule has 1 unspecified atom stereocenters. The largest absolute Gasteiger partial charge is 0.381 e. The molecule has 3 aromatic rings. The van der Waals surface area contributed by atoms with Gasteiger partial charge >= 0.3 is 0 Å². The molecule has 8 rings (SSSR count). The topological polar surface area (TPSA) is 222 Å². The number of nitrogens with one attached hydrogen (secondary N) is 5. The molecular formula is C65H89F2N7O10. The van der Waals surface area contributed by atoms with Crippen molar-refractivity contribution in [1.82, 2.24) is 36.4 Å². The molecule has 0 bridgehead atoms. The smallest absolute Gasteiger partial charge is 0.243 e. The number of Topliss-reactive ketones (excluding diaryl/α,β-unsaturated/α-hetero) is 1. The predicted molar refractivity (Wildman–Crippen MR) is 313 cm³/mol. The molecule has 19 heteroatoms. The molecule has 3 aromatic carbocycles. The molecule has 0 radical (unpaired) electrons. The number of halogens is 2. The monoisotopic (exact) mass is 1170 g/mol. The number of nitrogens with zero attached hydrogens (tertiary/aromatic N) is 2. The van der Waals surface area contributed by atoms with Gasteiger partial charge in [-0.1, -0.05) is 137 Å². The molecular weight excluding hydrogens is 1080 g/mol. The van der Waals surface area contributed by atoms with E-state index < -0.39 is 53.4 Å². The zero-order valence-electron chi connectivity index (χ0n) is 48.9. The van der Waals surface area contributed by atoms with Crippen LogP contribution in [0.3, 0.4) is 0 Å². The Morgan fingerprint density at radius 3 is 1.67 bits per heavy atom. The quantitative estimate of drug-likeness (QED) is 0.117. The Morgan fingerprint density at radius 1 is 0.524 bits per heavy atom. The third-order valence-corrected chi connectivity index (χ3v) is 16.9. The number of hydrogen-bond donors (Lipinski definition) is 5. The predicted octanol–water partition coefficient (Wildman–Crippen LogP) is 8.37. The highest BCUT2D eigenvalue weighted by Gasteiger charge is 2.40. The van der Waals surface area contributed by atoms with Gasteiger partial charge in [0.05, 0.1) is 50.7 Å². The van der Waals surface area contributed by atoms with Crippen LogP contribution in [0.5, 0.6) is 0 Å². The molecule has 6 atom stereocenters. The summed E-state index contributed by atoms with van der Waals surface area (Å²) >= 11 is 0. The van der Waals surface area contributed by atoms with Crippen molar-refractivity contribution < 1.29 is 56.6 Å². The lowest BCUT2D eigenvalue weighted by molar-refractivity contribution is -0.141. The van der Waals surface area contributed by atoms with Crippen LogP contribution >= 0.6 is 0 Å². The number of ketones is 1. The second-order valence-corrected chi connectivity index (χ2v) is 23.3. The average molecular weight is 1170 g/mol. The van der Waals surface area contributed by atoms with Gasteiger partial charge in [0.15, 0.2) is 5.78 Å². The van der Waals surface area contributed by atoms with Crippen molar-refractivity contribution in [3.05, 3.63) is 107 Å². The first-order valence-electron chi connectivity index (χ1n) is 31.1. The van der Waals surface area contributed by atoms with Gasteiger partial charge in [0.2, 0.25) is 41.4 Å². The van der Waals surface area contributed by atoms with Crippen molar-refractivity contribution in [3.63, 3.8) is 0 Å². The lowest BCUT2D eigenvalue weighted by Gasteiger charge is -2.37. The normalized spacial score (nSPS) is 24.3. The van der Waals surface area contributed by atoms with Gasteiger partial charge in [0.25, 0.3) is 0 Å². The van der Waals surface area contributed by atoms with Crippen molar-refractivity contribution in [1.29, 1.82) is 0 Å². The summed E-state index contributed by atoms with van der Waals surface area (Å²) in [5.41, 5.74) is 1.74. The first-order chi connectivity index (χ1) is 40.8. The van der Waals surface area contributed by atoms with Crippen molar-refractivity contribution in [2.75, 3.05) is 39.5 Å². The molecule has 5 heterocycles. The van der Waals surface area contributed by atoms with Crippen LogP contribution in [0.15, 0.2) is 78.9 Å². The van der Waals surface area contributed by atoms with E-state index in [1.54, 1.807) is 41.3 Å². The fraction of sp³-hybridized carbons (Fsp3) is 0.600. The molecule has 7 amide bonds. The molecule has 5 N–H and O–H groups in total. The minimum atomic E-state index is -1.08. The maximum absolute atomic E-state index is 14.1. The summed E-state index contributed by atoms with van der Waals surface area (Å²) in [5.74, 6) is -4.06. The van der Waals surface area contributed by atoms with E-state index in [4.69, 9.17) is 9.47 Å². The van der Waals surface area contributed by atoms with Gasteiger partial charge in [-0.15, -0.1) is 0 Å². The van der Waals surface area contributed by atoms with Gasteiger partial charge in [-0.25, -0.2) is 8.78 Å². The summed E-state index contributed by atoms with van der Waals surface area (Å²) in [5, 5.41) is 13.9. The van der Waals surface area contributed by atoms with E-state index in [0.29, 0.717) is 62.8 Å². The number of rotatable bonds is 12. The number of hydrogen-bond acceptors (Lipinski definition) is 10. The zero-order chi connectivity index (χ0) is 59.5. The van der Waals surface area contributed by atoms with Gasteiger partial charge in [0.1, 0.15) is 23.7 Å². The molecule has 5 aliphatic rings. The van der Waals surface area contributed by atoms with Gasteiger partial charge in [-0.05, 0) is 69.1 Å². The van der Waals surface area contributed by atoms with Crippen LogP contribution < -0.4 is 26.6 Å². The Kier molecular flexibility index (Phi) is 27.1. The molecule has 0 aliphatic carbocycles. The van der Waals surface area contributed by atoms with Crippen LogP contribution in [0.2, 0.25) is 0 Å². The molecule has 17 nitrogen and oxygen atoms in total. The molecule has 458 valence electrons. The molecule has 5 aliphatic heterocycles. The van der Waals surface area contributed by atoms with Crippen LogP contribution in [-0.2, 0) is 60.9 Å². The van der Waals surface area contributed by atoms with E-state index in [-0.39, 0.29) is 93.3 Å². The van der Waals surface area contributed by atoms with E-state index >= 15 is 0 Å². The van der Waals surface area contributed by atoms with E-state index in [1.807, 2.05) is 35.2 Å². The van der Waals surface area contributed by atoms with Crippen LogP contribution in [0.4, 0.5) is 8.78 Å².